The van der Waals surface area contributed by atoms with Crippen LogP contribution in [0.3, 0.4) is 0 Å². The first-order valence-electron chi connectivity index (χ1n) is 11.4. The Balaban J connectivity index is 1.84. The van der Waals surface area contributed by atoms with E-state index in [-0.39, 0.29) is 22.8 Å². The van der Waals surface area contributed by atoms with E-state index < -0.39 is 50.2 Å². The number of ether oxygens (including phenoxy) is 2. The Morgan fingerprint density at radius 2 is 2.00 bits per heavy atom. The number of para-hydroxylation sites is 1. The zero-order valence-electron chi connectivity index (χ0n) is 20.4. The molecule has 0 amide bonds. The van der Waals surface area contributed by atoms with Gasteiger partial charge in [-0.15, -0.1) is 6.42 Å². The second-order valence-electron chi connectivity index (χ2n) is 8.78. The van der Waals surface area contributed by atoms with Crippen LogP contribution in [0.1, 0.15) is 27.0 Å². The van der Waals surface area contributed by atoms with E-state index >= 15 is 4.39 Å². The van der Waals surface area contributed by atoms with Crippen molar-refractivity contribution in [2.24, 2.45) is 5.92 Å². The number of aromatic amines is 1. The van der Waals surface area contributed by atoms with Gasteiger partial charge in [0.2, 0.25) is 5.67 Å². The number of aliphatic hydroxyl groups is 1. The Bertz CT molecular complexity index is 1310. The predicted octanol–water partition coefficient (Wildman–Crippen LogP) is 4.75. The molecule has 0 saturated carbocycles. The van der Waals surface area contributed by atoms with Crippen LogP contribution >= 0.6 is 32.0 Å². The Hall–Kier alpha value is -2.39. The minimum atomic E-state index is -4.05. The predicted molar refractivity (Wildman–Crippen MR) is 139 cm³/mol. The number of halogens is 1. The number of terminal acetylenes is 1. The standard InChI is InChI=1S/C24H28FN2O7PS2/c1-5-24(25)20(28)18(33-22(24)27-12-11-19(36)26-23(27)37)13-31-35(30,34-17-9-7-6-8-10-17)14-16(4)21(29)32-15(2)3/h1,6-12,15-16,18,20,22,28H,13-14H2,2-4H3,(H,26,36,37)/t16-,18-,20+,22-,24?,35?/m1/s1. The molecule has 200 valence electrons. The van der Waals surface area contributed by atoms with Crippen LogP contribution in [0, 0.1) is 27.7 Å². The quantitative estimate of drug-likeness (QED) is 0.181. The van der Waals surface area contributed by atoms with Crippen LogP contribution in [0.2, 0.25) is 0 Å². The van der Waals surface area contributed by atoms with Crippen molar-refractivity contribution in [1.29, 1.82) is 0 Å². The molecule has 9 nitrogen and oxygen atoms in total. The number of carbonyl (C=O) groups excluding carboxylic acids is 1. The number of alkyl halides is 1. The SMILES string of the molecule is C#CC1(F)[C@@H](O)[C@@H](COP(=O)(C[C@@H](C)C(=O)OC(C)C)Oc2ccccc2)O[C@H]1n1ccc(=S)[nH]c1=S. The van der Waals surface area contributed by atoms with Crippen LogP contribution in [-0.4, -0.2) is 57.4 Å². The van der Waals surface area contributed by atoms with E-state index in [4.69, 9.17) is 49.4 Å². The van der Waals surface area contributed by atoms with Crippen LogP contribution < -0.4 is 4.52 Å². The largest absolute Gasteiger partial charge is 0.463 e. The molecule has 3 rings (SSSR count). The molecule has 0 spiro atoms. The van der Waals surface area contributed by atoms with E-state index in [1.165, 1.54) is 23.8 Å². The van der Waals surface area contributed by atoms with Gasteiger partial charge in [-0.05, 0) is 44.3 Å². The van der Waals surface area contributed by atoms with E-state index in [0.717, 1.165) is 0 Å². The summed E-state index contributed by atoms with van der Waals surface area (Å²) in [5.74, 6) is 0.743. The van der Waals surface area contributed by atoms with Gasteiger partial charge in [-0.2, -0.15) is 0 Å². The highest BCUT2D eigenvalue weighted by Gasteiger charge is 2.58. The Kier molecular flexibility index (Phi) is 9.45. The van der Waals surface area contributed by atoms with Crippen molar-refractivity contribution >= 4 is 38.0 Å². The second kappa shape index (κ2) is 12.0. The van der Waals surface area contributed by atoms with Crippen molar-refractivity contribution in [1.82, 2.24) is 9.55 Å². The molecule has 1 aliphatic heterocycles. The van der Waals surface area contributed by atoms with Gasteiger partial charge in [0.25, 0.3) is 0 Å². The van der Waals surface area contributed by atoms with Crippen LogP contribution in [0.5, 0.6) is 5.75 Å². The molecule has 1 aliphatic rings. The molecule has 1 fully saturated rings. The summed E-state index contributed by atoms with van der Waals surface area (Å²) in [5, 5.41) is 10.7. The van der Waals surface area contributed by atoms with Gasteiger partial charge in [0.15, 0.2) is 11.0 Å². The molecule has 2 unspecified atom stereocenters. The second-order valence-corrected chi connectivity index (χ2v) is 11.6. The number of benzene rings is 1. The molecule has 2 aromatic rings. The van der Waals surface area contributed by atoms with Gasteiger partial charge in [0.05, 0.1) is 24.8 Å². The summed E-state index contributed by atoms with van der Waals surface area (Å²) >= 11 is 10.2. The van der Waals surface area contributed by atoms with Gasteiger partial charge in [-0.1, -0.05) is 43.3 Å². The molecule has 6 atom stereocenters. The number of H-pyrrole nitrogens is 1. The first-order chi connectivity index (χ1) is 17.4. The van der Waals surface area contributed by atoms with Crippen LogP contribution in [0.15, 0.2) is 42.6 Å². The molecule has 2 heterocycles. The molecule has 1 aromatic carbocycles. The monoisotopic (exact) mass is 570 g/mol. The molecule has 2 N–H and O–H groups in total. The number of aromatic nitrogens is 2. The number of nitrogens with one attached hydrogen (secondary N) is 1. The first-order valence-corrected chi connectivity index (χ1v) is 13.9. The first kappa shape index (κ1) is 29.2. The minimum Gasteiger partial charge on any atom is -0.463 e. The highest BCUT2D eigenvalue weighted by molar-refractivity contribution is 7.72. The molecule has 0 aliphatic carbocycles. The number of aliphatic hydroxyl groups excluding tert-OH is 1. The van der Waals surface area contributed by atoms with Crippen molar-refractivity contribution in [3.63, 3.8) is 0 Å². The van der Waals surface area contributed by atoms with Gasteiger partial charge in [0, 0.05) is 6.20 Å². The number of hydrogen-bond donors (Lipinski definition) is 2. The summed E-state index contributed by atoms with van der Waals surface area (Å²) in [6, 6.07) is 9.67. The van der Waals surface area contributed by atoms with Crippen molar-refractivity contribution < 1.29 is 37.4 Å². The highest BCUT2D eigenvalue weighted by atomic mass is 32.1. The van der Waals surface area contributed by atoms with E-state index in [2.05, 4.69) is 4.98 Å². The summed E-state index contributed by atoms with van der Waals surface area (Å²) < 4.78 is 53.3. The Morgan fingerprint density at radius 3 is 2.59 bits per heavy atom. The van der Waals surface area contributed by atoms with Crippen LogP contribution in [0.4, 0.5) is 4.39 Å². The van der Waals surface area contributed by atoms with Crippen LogP contribution in [-0.2, 0) is 23.4 Å². The number of nitrogens with zero attached hydrogens (tertiary/aromatic N) is 1. The fraction of sp³-hybridized carbons (Fsp3) is 0.458. The average Bonchev–Trinajstić information content (AvgIpc) is 3.08. The maximum Gasteiger partial charge on any atom is 0.380 e. The molecule has 1 saturated heterocycles. The molecule has 0 bridgehead atoms. The average molecular weight is 571 g/mol. The number of rotatable bonds is 10. The summed E-state index contributed by atoms with van der Waals surface area (Å²) in [4.78, 5) is 15.1. The van der Waals surface area contributed by atoms with E-state index in [0.29, 0.717) is 4.64 Å². The van der Waals surface area contributed by atoms with E-state index in [1.54, 1.807) is 44.2 Å². The highest BCUT2D eigenvalue weighted by Crippen LogP contribution is 2.51. The third-order valence-electron chi connectivity index (χ3n) is 5.45. The van der Waals surface area contributed by atoms with Gasteiger partial charge in [-0.25, -0.2) is 8.96 Å². The maximum absolute atomic E-state index is 15.8. The summed E-state index contributed by atoms with van der Waals surface area (Å²) in [7, 11) is -4.05. The van der Waals surface area contributed by atoms with Gasteiger partial charge >= 0.3 is 13.6 Å². The fourth-order valence-corrected chi connectivity index (χ4v) is 5.98. The smallest absolute Gasteiger partial charge is 0.380 e. The fourth-order valence-electron chi connectivity index (χ4n) is 3.63. The summed E-state index contributed by atoms with van der Waals surface area (Å²) in [6.07, 6.45) is 1.39. The lowest BCUT2D eigenvalue weighted by molar-refractivity contribution is -0.151. The Morgan fingerprint density at radius 1 is 1.32 bits per heavy atom. The van der Waals surface area contributed by atoms with Gasteiger partial charge < -0.3 is 24.1 Å². The molecular weight excluding hydrogens is 542 g/mol. The lowest BCUT2D eigenvalue weighted by Crippen LogP contribution is -2.42. The van der Waals surface area contributed by atoms with Crippen molar-refractivity contribution in [3.8, 4) is 18.1 Å². The zero-order chi connectivity index (χ0) is 27.4. The van der Waals surface area contributed by atoms with Crippen molar-refractivity contribution in [2.45, 2.75) is 51.0 Å². The molecular formula is C24H28FN2O7PS2. The summed E-state index contributed by atoms with van der Waals surface area (Å²) in [6.45, 7) is 4.35. The van der Waals surface area contributed by atoms with Crippen molar-refractivity contribution in [2.75, 3.05) is 12.8 Å². The van der Waals surface area contributed by atoms with Crippen LogP contribution in [0.25, 0.3) is 0 Å². The van der Waals surface area contributed by atoms with Gasteiger partial charge in [0.1, 0.15) is 22.6 Å². The van der Waals surface area contributed by atoms with E-state index in [9.17, 15) is 14.5 Å². The topological polar surface area (TPSA) is 112 Å². The lowest BCUT2D eigenvalue weighted by Gasteiger charge is -2.25. The lowest BCUT2D eigenvalue weighted by atomic mass is 9.97. The number of hydrogen-bond acceptors (Lipinski definition) is 9. The van der Waals surface area contributed by atoms with Crippen molar-refractivity contribution in [3.05, 3.63) is 52.0 Å². The number of carbonyl (C=O) groups is 1. The maximum atomic E-state index is 15.8. The third-order valence-corrected chi connectivity index (χ3v) is 8.02. The molecule has 1 aromatic heterocycles. The molecule has 13 heteroatoms. The summed E-state index contributed by atoms with van der Waals surface area (Å²) in [5.41, 5.74) is -2.69. The minimum absolute atomic E-state index is 0.0270. The number of esters is 1. The van der Waals surface area contributed by atoms with E-state index in [1.807, 2.05) is 5.92 Å². The normalized spacial score (nSPS) is 25.7. The molecule has 37 heavy (non-hydrogen) atoms. The van der Waals surface area contributed by atoms with Gasteiger partial charge in [-0.3, -0.25) is 13.9 Å². The Labute approximate surface area is 224 Å². The third kappa shape index (κ3) is 6.93. The zero-order valence-corrected chi connectivity index (χ0v) is 22.9. The molecule has 0 radical (unpaired) electrons.